The normalized spacial score (nSPS) is 12.0. The Morgan fingerprint density at radius 2 is 1.83 bits per heavy atom. The van der Waals surface area contributed by atoms with Gasteiger partial charge < -0.3 is 14.8 Å². The summed E-state index contributed by atoms with van der Waals surface area (Å²) < 4.78 is 86.3. The van der Waals surface area contributed by atoms with Crippen LogP contribution in [0.5, 0.6) is 5.75 Å². The Morgan fingerprint density at radius 1 is 1.13 bits per heavy atom. The molecule has 0 unspecified atom stereocenters. The third kappa shape index (κ3) is 6.47. The highest BCUT2D eigenvalue weighted by Gasteiger charge is 2.33. The van der Waals surface area contributed by atoms with E-state index in [4.69, 9.17) is 4.74 Å². The van der Waals surface area contributed by atoms with Gasteiger partial charge in [-0.25, -0.2) is 4.68 Å². The van der Waals surface area contributed by atoms with E-state index in [1.807, 2.05) is 5.32 Å². The van der Waals surface area contributed by atoms with Crippen molar-refractivity contribution in [3.05, 3.63) is 51.9 Å². The summed E-state index contributed by atoms with van der Waals surface area (Å²) in [6.07, 6.45) is -9.56. The lowest BCUT2D eigenvalue weighted by Gasteiger charge is -2.16. The molecule has 0 atom stereocenters. The molecular formula is C17H15F6N3O4. The summed E-state index contributed by atoms with van der Waals surface area (Å²) in [7, 11) is 1.37. The van der Waals surface area contributed by atoms with Crippen molar-refractivity contribution in [2.75, 3.05) is 25.6 Å². The molecule has 1 heterocycles. The molecule has 1 amide bonds. The predicted molar refractivity (Wildman–Crippen MR) is 91.3 cm³/mol. The van der Waals surface area contributed by atoms with E-state index in [9.17, 15) is 35.9 Å². The Balaban J connectivity index is 2.34. The highest BCUT2D eigenvalue weighted by Crippen LogP contribution is 2.35. The van der Waals surface area contributed by atoms with Crippen LogP contribution in [0.1, 0.15) is 16.1 Å². The van der Waals surface area contributed by atoms with Gasteiger partial charge in [-0.3, -0.25) is 9.59 Å². The van der Waals surface area contributed by atoms with Crippen molar-refractivity contribution < 1.29 is 40.6 Å². The van der Waals surface area contributed by atoms with E-state index in [1.54, 1.807) is 0 Å². The Morgan fingerprint density at radius 3 is 2.43 bits per heavy atom. The molecule has 13 heteroatoms. The fourth-order valence-corrected chi connectivity index (χ4v) is 2.18. The maximum atomic E-state index is 13.0. The molecule has 164 valence electrons. The average Bonchev–Trinajstić information content (AvgIpc) is 2.64. The van der Waals surface area contributed by atoms with E-state index in [-0.39, 0.29) is 18.8 Å². The van der Waals surface area contributed by atoms with E-state index in [0.29, 0.717) is 18.2 Å². The fraction of sp³-hybridized carbons (Fsp3) is 0.353. The van der Waals surface area contributed by atoms with Crippen molar-refractivity contribution in [3.63, 3.8) is 0 Å². The summed E-state index contributed by atoms with van der Waals surface area (Å²) in [4.78, 5) is 24.1. The molecule has 2 aromatic rings. The van der Waals surface area contributed by atoms with Gasteiger partial charge in [0.1, 0.15) is 11.4 Å². The summed E-state index contributed by atoms with van der Waals surface area (Å²) in [5.41, 5.74) is -2.77. The minimum absolute atomic E-state index is 0.0000437. The molecule has 0 aliphatic carbocycles. The first kappa shape index (κ1) is 23.2. The standard InChI is InChI=1S/C17H15F6N3O4/c1-29-7-6-26-14(27)5-3-11(25-26)15(28)24-12-8-10(17(21,22)23)2-4-13(12)30-9-16(18,19)20/h2-5,8H,6-7,9H2,1H3,(H,24,28). The smallest absolute Gasteiger partial charge is 0.422 e. The number of aromatic nitrogens is 2. The first-order valence-electron chi connectivity index (χ1n) is 8.20. The third-order valence-electron chi connectivity index (χ3n) is 3.55. The minimum Gasteiger partial charge on any atom is -0.482 e. The number of carbonyl (C=O) groups excluding carboxylic acids is 1. The van der Waals surface area contributed by atoms with Crippen molar-refractivity contribution in [1.29, 1.82) is 0 Å². The number of nitrogens with one attached hydrogen (secondary N) is 1. The van der Waals surface area contributed by atoms with Gasteiger partial charge in [-0.15, -0.1) is 0 Å². The number of amides is 1. The largest absolute Gasteiger partial charge is 0.482 e. The number of methoxy groups -OCH3 is 1. The Kier molecular flexibility index (Phi) is 7.08. The summed E-state index contributed by atoms with van der Waals surface area (Å²) in [6.45, 7) is -1.68. The van der Waals surface area contributed by atoms with E-state index in [0.717, 1.165) is 16.8 Å². The minimum atomic E-state index is -4.81. The molecule has 1 N–H and O–H groups in total. The molecule has 2 rings (SSSR count). The Labute approximate surface area is 165 Å². The third-order valence-corrected chi connectivity index (χ3v) is 3.55. The van der Waals surface area contributed by atoms with E-state index < -0.39 is 47.4 Å². The van der Waals surface area contributed by atoms with Crippen LogP contribution in [0.3, 0.4) is 0 Å². The quantitative estimate of drug-likeness (QED) is 0.671. The van der Waals surface area contributed by atoms with Crippen LogP contribution in [0.25, 0.3) is 0 Å². The number of anilines is 1. The highest BCUT2D eigenvalue weighted by atomic mass is 19.4. The highest BCUT2D eigenvalue weighted by molar-refractivity contribution is 6.03. The van der Waals surface area contributed by atoms with Crippen molar-refractivity contribution in [3.8, 4) is 5.75 Å². The molecule has 0 aliphatic heterocycles. The molecule has 0 saturated heterocycles. The molecule has 7 nitrogen and oxygen atoms in total. The van der Waals surface area contributed by atoms with Gasteiger partial charge in [-0.2, -0.15) is 31.4 Å². The molecule has 0 bridgehead atoms. The van der Waals surface area contributed by atoms with Crippen LogP contribution in [0.15, 0.2) is 35.1 Å². The number of hydrogen-bond acceptors (Lipinski definition) is 5. The number of carbonyl (C=O) groups is 1. The second kappa shape index (κ2) is 9.15. The lowest BCUT2D eigenvalue weighted by molar-refractivity contribution is -0.153. The van der Waals surface area contributed by atoms with Crippen LogP contribution in [0, 0.1) is 0 Å². The van der Waals surface area contributed by atoms with Gasteiger partial charge in [-0.05, 0) is 24.3 Å². The molecule has 30 heavy (non-hydrogen) atoms. The molecule has 1 aromatic heterocycles. The summed E-state index contributed by atoms with van der Waals surface area (Å²) in [5, 5.41) is 5.80. The molecule has 1 aromatic carbocycles. The Bertz CT molecular complexity index is 956. The summed E-state index contributed by atoms with van der Waals surface area (Å²) in [5.74, 6) is -1.68. The van der Waals surface area contributed by atoms with Crippen molar-refractivity contribution >= 4 is 11.6 Å². The van der Waals surface area contributed by atoms with Crippen molar-refractivity contribution in [1.82, 2.24) is 9.78 Å². The molecule has 0 saturated carbocycles. The number of ether oxygens (including phenoxy) is 2. The monoisotopic (exact) mass is 439 g/mol. The average molecular weight is 439 g/mol. The fourth-order valence-electron chi connectivity index (χ4n) is 2.18. The summed E-state index contributed by atoms with van der Waals surface area (Å²) in [6, 6.07) is 3.64. The number of nitrogens with zero attached hydrogens (tertiary/aromatic N) is 2. The lowest BCUT2D eigenvalue weighted by atomic mass is 10.1. The molecule has 0 radical (unpaired) electrons. The van der Waals surface area contributed by atoms with Crippen LogP contribution in [0.4, 0.5) is 32.0 Å². The second-order valence-corrected chi connectivity index (χ2v) is 5.84. The topological polar surface area (TPSA) is 82.5 Å². The maximum absolute atomic E-state index is 13.0. The molecule has 0 spiro atoms. The van der Waals surface area contributed by atoms with Crippen LogP contribution in [-0.4, -0.2) is 42.2 Å². The van der Waals surface area contributed by atoms with Gasteiger partial charge in [0.15, 0.2) is 6.61 Å². The maximum Gasteiger partial charge on any atom is 0.422 e. The van der Waals surface area contributed by atoms with Crippen LogP contribution in [-0.2, 0) is 17.5 Å². The van der Waals surface area contributed by atoms with Crippen LogP contribution >= 0.6 is 0 Å². The van der Waals surface area contributed by atoms with E-state index in [2.05, 4.69) is 9.84 Å². The number of rotatable bonds is 7. The zero-order valence-corrected chi connectivity index (χ0v) is 15.3. The van der Waals surface area contributed by atoms with Gasteiger partial charge in [0.25, 0.3) is 11.5 Å². The lowest BCUT2D eigenvalue weighted by Crippen LogP contribution is -2.27. The number of alkyl halides is 6. The SMILES string of the molecule is COCCn1nc(C(=O)Nc2cc(C(F)(F)F)ccc2OCC(F)(F)F)ccc1=O. The van der Waals surface area contributed by atoms with E-state index in [1.165, 1.54) is 7.11 Å². The first-order chi connectivity index (χ1) is 13.9. The number of hydrogen-bond donors (Lipinski definition) is 1. The zero-order chi connectivity index (χ0) is 22.5. The molecule has 0 fully saturated rings. The summed E-state index contributed by atoms with van der Waals surface area (Å²) >= 11 is 0. The number of halogens is 6. The van der Waals surface area contributed by atoms with Crippen LogP contribution < -0.4 is 15.6 Å². The zero-order valence-electron chi connectivity index (χ0n) is 15.3. The molecule has 0 aliphatic rings. The van der Waals surface area contributed by atoms with Gasteiger partial charge in [0, 0.05) is 13.2 Å². The predicted octanol–water partition coefficient (Wildman–Crippen LogP) is 3.10. The van der Waals surface area contributed by atoms with Crippen molar-refractivity contribution in [2.45, 2.75) is 18.9 Å². The van der Waals surface area contributed by atoms with Gasteiger partial charge in [-0.1, -0.05) is 0 Å². The number of benzene rings is 1. The van der Waals surface area contributed by atoms with Crippen LogP contribution in [0.2, 0.25) is 0 Å². The van der Waals surface area contributed by atoms with Gasteiger partial charge in [0.2, 0.25) is 0 Å². The van der Waals surface area contributed by atoms with Gasteiger partial charge >= 0.3 is 12.4 Å². The van der Waals surface area contributed by atoms with E-state index >= 15 is 0 Å². The first-order valence-corrected chi connectivity index (χ1v) is 8.20. The second-order valence-electron chi connectivity index (χ2n) is 5.84. The Hall–Kier alpha value is -3.09. The van der Waals surface area contributed by atoms with Gasteiger partial charge in [0.05, 0.1) is 24.4 Å². The van der Waals surface area contributed by atoms with Crippen molar-refractivity contribution in [2.24, 2.45) is 0 Å². The molecular weight excluding hydrogens is 424 g/mol.